The molecule has 3 fully saturated rings. The van der Waals surface area contributed by atoms with E-state index in [1.54, 1.807) is 0 Å². The lowest BCUT2D eigenvalue weighted by Gasteiger charge is -2.60. The molecule has 2 N–H and O–H groups in total. The van der Waals surface area contributed by atoms with Gasteiger partial charge in [-0.15, -0.1) is 0 Å². The van der Waals surface area contributed by atoms with Gasteiger partial charge in [0.15, 0.2) is 11.9 Å². The van der Waals surface area contributed by atoms with Gasteiger partial charge in [0.2, 0.25) is 5.79 Å². The summed E-state index contributed by atoms with van der Waals surface area (Å²) in [6.07, 6.45) is 0.421. The first-order valence-electron chi connectivity index (χ1n) is 9.16. The minimum absolute atomic E-state index is 0.166. The van der Waals surface area contributed by atoms with E-state index in [2.05, 4.69) is 27.4 Å². The van der Waals surface area contributed by atoms with E-state index >= 15 is 0 Å². The molecule has 7 atom stereocenters. The van der Waals surface area contributed by atoms with Crippen LogP contribution in [0, 0.1) is 16.7 Å². The molecule has 0 bridgehead atoms. The van der Waals surface area contributed by atoms with E-state index < -0.39 is 23.8 Å². The molecule has 0 aromatic rings. The SMILES string of the molecule is C=C1[C@]2(C)CC[C@@H](C)[C@]2(C)C[C@@]2(O)O[C@@H](OCC)[C@H](O)[C@@]12OCC. The van der Waals surface area contributed by atoms with E-state index in [1.165, 1.54) is 0 Å². The number of fused-ring (bicyclic) bond motifs is 2. The molecule has 5 nitrogen and oxygen atoms in total. The van der Waals surface area contributed by atoms with Crippen molar-refractivity contribution < 1.29 is 24.4 Å². The number of hydrogen-bond acceptors (Lipinski definition) is 5. The lowest BCUT2D eigenvalue weighted by molar-refractivity contribution is -0.321. The van der Waals surface area contributed by atoms with Crippen molar-refractivity contribution in [2.24, 2.45) is 16.7 Å². The van der Waals surface area contributed by atoms with Crippen LogP contribution in [0.1, 0.15) is 53.9 Å². The third-order valence-electron chi connectivity index (χ3n) is 7.42. The summed E-state index contributed by atoms with van der Waals surface area (Å²) in [5.74, 6) is -1.21. The van der Waals surface area contributed by atoms with Gasteiger partial charge in [0, 0.05) is 19.6 Å². The lowest BCUT2D eigenvalue weighted by Crippen LogP contribution is -2.69. The van der Waals surface area contributed by atoms with E-state index in [0.717, 1.165) is 18.4 Å². The van der Waals surface area contributed by atoms with Crippen LogP contribution in [0.5, 0.6) is 0 Å². The third-order valence-corrected chi connectivity index (χ3v) is 7.42. The number of hydrogen-bond donors (Lipinski definition) is 2. The Kier molecular flexibility index (Phi) is 4.21. The molecule has 0 unspecified atom stereocenters. The molecule has 3 rings (SSSR count). The van der Waals surface area contributed by atoms with E-state index in [4.69, 9.17) is 14.2 Å². The summed E-state index contributed by atoms with van der Waals surface area (Å²) in [7, 11) is 0. The largest absolute Gasteiger partial charge is 0.384 e. The van der Waals surface area contributed by atoms with Crippen LogP contribution in [-0.4, -0.2) is 47.2 Å². The van der Waals surface area contributed by atoms with Gasteiger partial charge in [-0.2, -0.15) is 0 Å². The average molecular weight is 340 g/mol. The van der Waals surface area contributed by atoms with Gasteiger partial charge in [-0.3, -0.25) is 0 Å². The van der Waals surface area contributed by atoms with Gasteiger partial charge < -0.3 is 24.4 Å². The summed E-state index contributed by atoms with van der Waals surface area (Å²) >= 11 is 0. The minimum Gasteiger partial charge on any atom is -0.384 e. The van der Waals surface area contributed by atoms with Crippen molar-refractivity contribution >= 4 is 0 Å². The van der Waals surface area contributed by atoms with Crippen molar-refractivity contribution in [1.29, 1.82) is 0 Å². The van der Waals surface area contributed by atoms with Gasteiger partial charge in [-0.25, -0.2) is 0 Å². The molecule has 0 amide bonds. The maximum Gasteiger partial charge on any atom is 0.205 e. The molecule has 2 saturated carbocycles. The van der Waals surface area contributed by atoms with Gasteiger partial charge >= 0.3 is 0 Å². The summed E-state index contributed by atoms with van der Waals surface area (Å²) in [5, 5.41) is 22.5. The van der Waals surface area contributed by atoms with Crippen molar-refractivity contribution in [3.05, 3.63) is 12.2 Å². The fourth-order valence-electron chi connectivity index (χ4n) is 5.58. The van der Waals surface area contributed by atoms with Gasteiger partial charge in [-0.1, -0.05) is 27.4 Å². The van der Waals surface area contributed by atoms with E-state index in [-0.39, 0.29) is 10.8 Å². The number of aliphatic hydroxyl groups is 2. The molecule has 1 saturated heterocycles. The second-order valence-electron chi connectivity index (χ2n) is 8.18. The molecule has 3 aliphatic rings. The Morgan fingerprint density at radius 3 is 2.54 bits per heavy atom. The standard InChI is InChI=1S/C19H32O5/c1-7-22-15-14(20)19(23-8-2)13(4)16(5)10-9-12(3)17(16,6)11-18(19,21)24-15/h12,14-15,20-21H,4,7-11H2,1-3,5-6H3/t12-,14+,15-,16+,17+,18-,19+/m1/s1. The summed E-state index contributed by atoms with van der Waals surface area (Å²) in [4.78, 5) is 0. The van der Waals surface area contributed by atoms with Crippen LogP contribution >= 0.6 is 0 Å². The van der Waals surface area contributed by atoms with Crippen LogP contribution in [0.25, 0.3) is 0 Å². The molecule has 5 heteroatoms. The fourth-order valence-corrected chi connectivity index (χ4v) is 5.58. The topological polar surface area (TPSA) is 68.2 Å². The van der Waals surface area contributed by atoms with Gasteiger partial charge in [-0.05, 0) is 49.0 Å². The molecule has 1 heterocycles. The molecule has 0 spiro atoms. The Morgan fingerprint density at radius 2 is 1.96 bits per heavy atom. The first kappa shape index (κ1) is 18.3. The van der Waals surface area contributed by atoms with Crippen molar-refractivity contribution in [3.63, 3.8) is 0 Å². The maximum atomic E-state index is 11.5. The Balaban J connectivity index is 2.15. The van der Waals surface area contributed by atoms with Gasteiger partial charge in [0.1, 0.15) is 6.10 Å². The van der Waals surface area contributed by atoms with Crippen LogP contribution in [0.4, 0.5) is 0 Å². The molecular weight excluding hydrogens is 308 g/mol. The van der Waals surface area contributed by atoms with Gasteiger partial charge in [0.25, 0.3) is 0 Å². The van der Waals surface area contributed by atoms with Crippen molar-refractivity contribution in [2.75, 3.05) is 13.2 Å². The van der Waals surface area contributed by atoms with Crippen LogP contribution in [0.15, 0.2) is 12.2 Å². The molecule has 0 aromatic carbocycles. The first-order valence-corrected chi connectivity index (χ1v) is 9.16. The summed E-state index contributed by atoms with van der Waals surface area (Å²) in [5.41, 5.74) is -0.994. The monoisotopic (exact) mass is 340 g/mol. The van der Waals surface area contributed by atoms with E-state index in [1.807, 2.05) is 13.8 Å². The zero-order valence-corrected chi connectivity index (χ0v) is 15.6. The predicted molar refractivity (Wildman–Crippen MR) is 90.2 cm³/mol. The van der Waals surface area contributed by atoms with Crippen molar-refractivity contribution in [2.45, 2.75) is 77.7 Å². The van der Waals surface area contributed by atoms with Crippen LogP contribution in [0.3, 0.4) is 0 Å². The highest BCUT2D eigenvalue weighted by molar-refractivity contribution is 5.39. The predicted octanol–water partition coefficient (Wildman–Crippen LogP) is 2.61. The Labute approximate surface area is 145 Å². The Hall–Kier alpha value is -0.460. The second-order valence-corrected chi connectivity index (χ2v) is 8.18. The second kappa shape index (κ2) is 5.52. The normalized spacial score (nSPS) is 54.0. The van der Waals surface area contributed by atoms with Crippen LogP contribution in [0.2, 0.25) is 0 Å². The Morgan fingerprint density at radius 1 is 1.29 bits per heavy atom. The van der Waals surface area contributed by atoms with Crippen molar-refractivity contribution in [3.8, 4) is 0 Å². The zero-order chi connectivity index (χ0) is 18.0. The third kappa shape index (κ3) is 1.88. The smallest absolute Gasteiger partial charge is 0.205 e. The quantitative estimate of drug-likeness (QED) is 0.770. The zero-order valence-electron chi connectivity index (χ0n) is 15.6. The molecule has 0 aromatic heterocycles. The highest BCUT2D eigenvalue weighted by atomic mass is 16.8. The van der Waals surface area contributed by atoms with Gasteiger partial charge in [0.05, 0.1) is 0 Å². The molecular formula is C19H32O5. The van der Waals surface area contributed by atoms with Crippen LogP contribution in [-0.2, 0) is 14.2 Å². The summed E-state index contributed by atoms with van der Waals surface area (Å²) < 4.78 is 17.5. The average Bonchev–Trinajstić information content (AvgIpc) is 2.86. The summed E-state index contributed by atoms with van der Waals surface area (Å²) in [6, 6.07) is 0. The summed E-state index contributed by atoms with van der Waals surface area (Å²) in [6.45, 7) is 15.4. The van der Waals surface area contributed by atoms with E-state index in [0.29, 0.717) is 25.6 Å². The number of ether oxygens (including phenoxy) is 3. The number of aliphatic hydroxyl groups excluding tert-OH is 1. The maximum absolute atomic E-state index is 11.5. The molecule has 0 radical (unpaired) electrons. The fraction of sp³-hybridized carbons (Fsp3) is 0.895. The highest BCUT2D eigenvalue weighted by Crippen LogP contribution is 2.71. The lowest BCUT2D eigenvalue weighted by atomic mass is 9.49. The Bertz CT molecular complexity index is 536. The highest BCUT2D eigenvalue weighted by Gasteiger charge is 2.77. The van der Waals surface area contributed by atoms with Crippen LogP contribution < -0.4 is 0 Å². The first-order chi connectivity index (χ1) is 11.1. The molecule has 1 aliphatic heterocycles. The molecule has 24 heavy (non-hydrogen) atoms. The number of rotatable bonds is 4. The van der Waals surface area contributed by atoms with E-state index in [9.17, 15) is 10.2 Å². The molecule has 2 aliphatic carbocycles. The minimum atomic E-state index is -1.63. The van der Waals surface area contributed by atoms with Crippen molar-refractivity contribution in [1.82, 2.24) is 0 Å². The molecule has 138 valence electrons.